The van der Waals surface area contributed by atoms with Gasteiger partial charge < -0.3 is 18.9 Å². The van der Waals surface area contributed by atoms with E-state index < -0.39 is 5.97 Å². The highest BCUT2D eigenvalue weighted by Gasteiger charge is 2.13. The second kappa shape index (κ2) is 8.01. The Hall–Kier alpha value is -3.02. The molecule has 0 aliphatic rings. The number of Topliss-reactive ketones (excluding diaryl/α,β-unsaturated/α-hetero) is 1. The molecule has 0 heterocycles. The second-order valence-electron chi connectivity index (χ2n) is 4.85. The van der Waals surface area contributed by atoms with E-state index in [4.69, 9.17) is 18.9 Å². The van der Waals surface area contributed by atoms with Gasteiger partial charge in [-0.1, -0.05) is 6.07 Å². The van der Waals surface area contributed by atoms with Crippen molar-refractivity contribution >= 4 is 11.8 Å². The molecule has 6 nitrogen and oxygen atoms in total. The largest absolute Gasteiger partial charge is 0.497 e. The maximum absolute atomic E-state index is 12.3. The Morgan fingerprint density at radius 2 is 1.67 bits per heavy atom. The van der Waals surface area contributed by atoms with Gasteiger partial charge >= 0.3 is 5.97 Å². The minimum atomic E-state index is -0.464. The van der Waals surface area contributed by atoms with Gasteiger partial charge in [-0.15, -0.1) is 0 Å². The van der Waals surface area contributed by atoms with Gasteiger partial charge in [0, 0.05) is 18.6 Å². The lowest BCUT2D eigenvalue weighted by Gasteiger charge is -2.10. The molecule has 0 fully saturated rings. The molecule has 24 heavy (non-hydrogen) atoms. The van der Waals surface area contributed by atoms with Crippen LogP contribution in [0.15, 0.2) is 42.5 Å². The van der Waals surface area contributed by atoms with E-state index in [1.54, 1.807) is 37.4 Å². The summed E-state index contributed by atoms with van der Waals surface area (Å²) in [6.07, 6.45) is 0. The predicted molar refractivity (Wildman–Crippen MR) is 87.1 cm³/mol. The van der Waals surface area contributed by atoms with Crippen LogP contribution in [0.4, 0.5) is 0 Å². The summed E-state index contributed by atoms with van der Waals surface area (Å²) in [5, 5.41) is 0. The first-order valence-electron chi connectivity index (χ1n) is 7.20. The Kier molecular flexibility index (Phi) is 5.78. The SMILES string of the molecule is COc1cccc(OCC(=O)c2ccc(OC(C)=O)c(OC)c2)c1. The highest BCUT2D eigenvalue weighted by Crippen LogP contribution is 2.28. The number of hydrogen-bond acceptors (Lipinski definition) is 6. The van der Waals surface area contributed by atoms with Gasteiger partial charge in [0.15, 0.2) is 23.9 Å². The number of ketones is 1. The Labute approximate surface area is 139 Å². The van der Waals surface area contributed by atoms with E-state index in [1.165, 1.54) is 26.2 Å². The van der Waals surface area contributed by atoms with Crippen molar-refractivity contribution in [3.63, 3.8) is 0 Å². The lowest BCUT2D eigenvalue weighted by atomic mass is 10.1. The van der Waals surface area contributed by atoms with Crippen molar-refractivity contribution in [3.8, 4) is 23.0 Å². The minimum absolute atomic E-state index is 0.136. The molecule has 2 rings (SSSR count). The lowest BCUT2D eigenvalue weighted by molar-refractivity contribution is -0.132. The molecule has 0 aliphatic heterocycles. The fourth-order valence-corrected chi connectivity index (χ4v) is 2.00. The quantitative estimate of drug-likeness (QED) is 0.442. The van der Waals surface area contributed by atoms with Crippen molar-refractivity contribution in [1.29, 1.82) is 0 Å². The van der Waals surface area contributed by atoms with Crippen LogP contribution in [-0.2, 0) is 4.79 Å². The van der Waals surface area contributed by atoms with Crippen LogP contribution in [0.1, 0.15) is 17.3 Å². The van der Waals surface area contributed by atoms with Gasteiger partial charge in [-0.05, 0) is 30.3 Å². The van der Waals surface area contributed by atoms with Crippen molar-refractivity contribution < 1.29 is 28.5 Å². The van der Waals surface area contributed by atoms with Gasteiger partial charge in [0.1, 0.15) is 11.5 Å². The second-order valence-corrected chi connectivity index (χ2v) is 4.85. The molecule has 0 saturated heterocycles. The van der Waals surface area contributed by atoms with E-state index in [9.17, 15) is 9.59 Å². The summed E-state index contributed by atoms with van der Waals surface area (Å²) < 4.78 is 20.7. The summed E-state index contributed by atoms with van der Waals surface area (Å²) in [5.41, 5.74) is 0.394. The normalized spacial score (nSPS) is 9.96. The molecule has 0 amide bonds. The maximum atomic E-state index is 12.3. The Morgan fingerprint density at radius 1 is 0.917 bits per heavy atom. The number of ether oxygens (including phenoxy) is 4. The molecular weight excluding hydrogens is 312 g/mol. The van der Waals surface area contributed by atoms with Gasteiger partial charge in [0.05, 0.1) is 14.2 Å². The molecule has 2 aromatic carbocycles. The number of methoxy groups -OCH3 is 2. The number of rotatable bonds is 7. The zero-order chi connectivity index (χ0) is 17.5. The summed E-state index contributed by atoms with van der Waals surface area (Å²) in [4.78, 5) is 23.3. The first-order chi connectivity index (χ1) is 11.5. The number of hydrogen-bond donors (Lipinski definition) is 0. The number of esters is 1. The average Bonchev–Trinajstić information content (AvgIpc) is 2.59. The third-order valence-electron chi connectivity index (χ3n) is 3.15. The average molecular weight is 330 g/mol. The smallest absolute Gasteiger partial charge is 0.308 e. The fraction of sp³-hybridized carbons (Fsp3) is 0.222. The van der Waals surface area contributed by atoms with E-state index in [0.717, 1.165) is 0 Å². The molecule has 0 bridgehead atoms. The van der Waals surface area contributed by atoms with Gasteiger partial charge in [-0.3, -0.25) is 9.59 Å². The van der Waals surface area contributed by atoms with Crippen LogP contribution in [0.5, 0.6) is 23.0 Å². The van der Waals surface area contributed by atoms with E-state index >= 15 is 0 Å². The van der Waals surface area contributed by atoms with Crippen molar-refractivity contribution in [1.82, 2.24) is 0 Å². The molecule has 0 saturated carbocycles. The van der Waals surface area contributed by atoms with E-state index in [2.05, 4.69) is 0 Å². The van der Waals surface area contributed by atoms with Crippen molar-refractivity contribution in [2.45, 2.75) is 6.92 Å². The third-order valence-corrected chi connectivity index (χ3v) is 3.15. The van der Waals surface area contributed by atoms with Crippen LogP contribution in [0, 0.1) is 0 Å². The van der Waals surface area contributed by atoms with Gasteiger partial charge in [-0.2, -0.15) is 0 Å². The van der Waals surface area contributed by atoms with Gasteiger partial charge in [-0.25, -0.2) is 0 Å². The van der Waals surface area contributed by atoms with Crippen molar-refractivity contribution in [3.05, 3.63) is 48.0 Å². The predicted octanol–water partition coefficient (Wildman–Crippen LogP) is 2.89. The molecule has 126 valence electrons. The Morgan fingerprint density at radius 3 is 2.33 bits per heavy atom. The standard InChI is InChI=1S/C18H18O6/c1-12(19)24-17-8-7-13(9-18(17)22-3)16(20)11-23-15-6-4-5-14(10-15)21-2/h4-10H,11H2,1-3H3. The number of benzene rings is 2. The minimum Gasteiger partial charge on any atom is -0.497 e. The van der Waals surface area contributed by atoms with Crippen molar-refractivity contribution in [2.75, 3.05) is 20.8 Å². The summed E-state index contributed by atoms with van der Waals surface area (Å²) in [6, 6.07) is 11.6. The summed E-state index contributed by atoms with van der Waals surface area (Å²) in [6.45, 7) is 1.16. The van der Waals surface area contributed by atoms with E-state index in [1.807, 2.05) is 0 Å². The monoisotopic (exact) mass is 330 g/mol. The molecular formula is C18H18O6. The van der Waals surface area contributed by atoms with Crippen LogP contribution in [0.25, 0.3) is 0 Å². The zero-order valence-electron chi connectivity index (χ0n) is 13.7. The number of carbonyl (C=O) groups is 2. The van der Waals surface area contributed by atoms with Crippen LogP contribution in [0.2, 0.25) is 0 Å². The Balaban J connectivity index is 2.07. The fourth-order valence-electron chi connectivity index (χ4n) is 2.00. The summed E-state index contributed by atoms with van der Waals surface area (Å²) in [5.74, 6) is 1.05. The van der Waals surface area contributed by atoms with Crippen LogP contribution in [-0.4, -0.2) is 32.6 Å². The topological polar surface area (TPSA) is 71.1 Å². The van der Waals surface area contributed by atoms with E-state index in [-0.39, 0.29) is 18.1 Å². The first kappa shape index (κ1) is 17.3. The summed E-state index contributed by atoms with van der Waals surface area (Å²) in [7, 11) is 2.99. The molecule has 2 aromatic rings. The molecule has 0 spiro atoms. The Bertz CT molecular complexity index is 738. The highest BCUT2D eigenvalue weighted by molar-refractivity contribution is 5.98. The first-order valence-corrected chi connectivity index (χ1v) is 7.20. The molecule has 0 N–H and O–H groups in total. The molecule has 6 heteroatoms. The lowest BCUT2D eigenvalue weighted by Crippen LogP contribution is -2.12. The van der Waals surface area contributed by atoms with Crippen molar-refractivity contribution in [2.24, 2.45) is 0 Å². The third kappa shape index (κ3) is 4.49. The summed E-state index contributed by atoms with van der Waals surface area (Å²) >= 11 is 0. The van der Waals surface area contributed by atoms with Crippen LogP contribution in [0.3, 0.4) is 0 Å². The molecule has 0 radical (unpaired) electrons. The van der Waals surface area contributed by atoms with Crippen LogP contribution < -0.4 is 18.9 Å². The highest BCUT2D eigenvalue weighted by atomic mass is 16.6. The van der Waals surface area contributed by atoms with Crippen LogP contribution >= 0.6 is 0 Å². The number of carbonyl (C=O) groups excluding carboxylic acids is 2. The molecule has 0 aliphatic carbocycles. The molecule has 0 unspecified atom stereocenters. The van der Waals surface area contributed by atoms with Gasteiger partial charge in [0.2, 0.25) is 0 Å². The molecule has 0 aromatic heterocycles. The maximum Gasteiger partial charge on any atom is 0.308 e. The molecule has 0 atom stereocenters. The zero-order valence-corrected chi connectivity index (χ0v) is 13.7. The van der Waals surface area contributed by atoms with E-state index in [0.29, 0.717) is 22.8 Å². The van der Waals surface area contributed by atoms with Gasteiger partial charge in [0.25, 0.3) is 0 Å².